The summed E-state index contributed by atoms with van der Waals surface area (Å²) in [6.07, 6.45) is 3.55. The van der Waals surface area contributed by atoms with Crippen LogP contribution >= 0.6 is 23.2 Å². The fourth-order valence-electron chi connectivity index (χ4n) is 5.48. The second kappa shape index (κ2) is 17.0. The summed E-state index contributed by atoms with van der Waals surface area (Å²) < 4.78 is 10.7. The van der Waals surface area contributed by atoms with E-state index in [1.165, 1.54) is 11.1 Å². The van der Waals surface area contributed by atoms with E-state index in [0.717, 1.165) is 37.1 Å². The Morgan fingerprint density at radius 3 is 1.24 bits per heavy atom. The predicted molar refractivity (Wildman–Crippen MR) is 200 cm³/mol. The molecular weight excluding hydrogens is 675 g/mol. The number of nitrogens with one attached hydrogen (secondary N) is 2. The normalized spacial score (nSPS) is 19.2. The van der Waals surface area contributed by atoms with Gasteiger partial charge in [-0.3, -0.25) is 9.59 Å². The average Bonchev–Trinajstić information content (AvgIpc) is 3.61. The average molecular weight is 716 g/mol. The van der Waals surface area contributed by atoms with Gasteiger partial charge in [-0.05, 0) is 123 Å². The van der Waals surface area contributed by atoms with Crippen LogP contribution in [0.1, 0.15) is 58.5 Å². The molecular formula is C38H40Cl2N6O4. The predicted octanol–water partition coefficient (Wildman–Crippen LogP) is 7.25. The van der Waals surface area contributed by atoms with E-state index in [9.17, 15) is 9.59 Å². The van der Waals surface area contributed by atoms with E-state index in [2.05, 4.69) is 20.6 Å². The molecule has 0 aromatic heterocycles. The lowest BCUT2D eigenvalue weighted by atomic mass is 10.0. The number of anilines is 2. The number of carbonyl (C=O) groups excluding carboxylic acids is 2. The molecule has 2 aliphatic heterocycles. The molecule has 0 spiro atoms. The van der Waals surface area contributed by atoms with Crippen molar-refractivity contribution >= 4 is 58.4 Å². The highest BCUT2D eigenvalue weighted by Gasteiger charge is 2.26. The summed E-state index contributed by atoms with van der Waals surface area (Å²) in [6.45, 7) is 3.95. The van der Waals surface area contributed by atoms with Gasteiger partial charge in [-0.25, -0.2) is 9.98 Å². The Kier molecular flexibility index (Phi) is 12.4. The third kappa shape index (κ3) is 10.5. The first-order chi connectivity index (χ1) is 24.0. The molecule has 2 amide bonds. The zero-order valence-corrected chi connectivity index (χ0v) is 29.3. The molecule has 50 heavy (non-hydrogen) atoms. The van der Waals surface area contributed by atoms with Crippen molar-refractivity contribution in [1.29, 1.82) is 0 Å². The molecule has 12 heteroatoms. The van der Waals surface area contributed by atoms with Crippen LogP contribution in [0.5, 0.6) is 0 Å². The lowest BCUT2D eigenvalue weighted by molar-refractivity contribution is 0.101. The van der Waals surface area contributed by atoms with Gasteiger partial charge in [0.25, 0.3) is 23.9 Å². The van der Waals surface area contributed by atoms with Crippen molar-refractivity contribution < 1.29 is 19.1 Å². The van der Waals surface area contributed by atoms with Crippen LogP contribution in [0.25, 0.3) is 0 Å². The number of nitrogens with zero attached hydrogens (tertiary/aromatic N) is 2. The number of amidine groups is 2. The van der Waals surface area contributed by atoms with E-state index < -0.39 is 0 Å². The van der Waals surface area contributed by atoms with Crippen LogP contribution in [0, 0.1) is 0 Å². The zero-order chi connectivity index (χ0) is 35.6. The van der Waals surface area contributed by atoms with Crippen molar-refractivity contribution in [3.05, 3.63) is 129 Å². The Morgan fingerprint density at radius 2 is 0.940 bits per heavy atom. The van der Waals surface area contributed by atoms with E-state index >= 15 is 0 Å². The highest BCUT2D eigenvalue weighted by molar-refractivity contribution is 6.31. The number of hydrogen-bond acceptors (Lipinski definition) is 8. The van der Waals surface area contributed by atoms with Gasteiger partial charge in [0.15, 0.2) is 0 Å². The number of ether oxygens (including phenoxy) is 2. The molecule has 0 radical (unpaired) electrons. The van der Waals surface area contributed by atoms with Gasteiger partial charge in [-0.15, -0.1) is 0 Å². The summed E-state index contributed by atoms with van der Waals surface area (Å²) in [5.41, 5.74) is 16.2. The number of aliphatic imine (C=N–C) groups is 2. The van der Waals surface area contributed by atoms with E-state index in [1.54, 1.807) is 48.5 Å². The number of halogens is 2. The summed E-state index contributed by atoms with van der Waals surface area (Å²) in [6, 6.07) is 29.9. The zero-order valence-electron chi connectivity index (χ0n) is 27.8. The maximum absolute atomic E-state index is 12.2. The summed E-state index contributed by atoms with van der Waals surface area (Å²) in [5.74, 6) is -0.322. The molecule has 2 heterocycles. The fraction of sp³-hybridized carbons (Fsp3) is 0.263. The summed E-state index contributed by atoms with van der Waals surface area (Å²) >= 11 is 11.7. The molecule has 0 saturated carbocycles. The van der Waals surface area contributed by atoms with Crippen molar-refractivity contribution in [2.45, 2.75) is 63.8 Å². The Morgan fingerprint density at radius 1 is 0.600 bits per heavy atom. The van der Waals surface area contributed by atoms with E-state index in [4.69, 9.17) is 44.1 Å². The number of carbonyl (C=O) groups is 2. The van der Waals surface area contributed by atoms with Gasteiger partial charge in [-0.1, -0.05) is 47.5 Å². The van der Waals surface area contributed by atoms with Crippen LogP contribution in [0.2, 0.25) is 10.0 Å². The summed E-state index contributed by atoms with van der Waals surface area (Å²) in [7, 11) is 0. The van der Waals surface area contributed by atoms with Crippen LogP contribution in [-0.4, -0.2) is 48.1 Å². The molecule has 0 fully saturated rings. The maximum Gasteiger partial charge on any atom is 0.282 e. The molecule has 4 atom stereocenters. The lowest BCUT2D eigenvalue weighted by Gasteiger charge is -2.12. The Hall–Kier alpha value is -5.06. The number of aryl methyl sites for hydroxylation is 2. The summed E-state index contributed by atoms with van der Waals surface area (Å²) in [4.78, 5) is 32.9. The van der Waals surface area contributed by atoms with Gasteiger partial charge >= 0.3 is 0 Å². The highest BCUT2D eigenvalue weighted by Crippen LogP contribution is 2.21. The van der Waals surface area contributed by atoms with Gasteiger partial charge in [-0.2, -0.15) is 0 Å². The Bertz CT molecular complexity index is 1680. The quantitative estimate of drug-likeness (QED) is 0.136. The topological polar surface area (TPSA) is 153 Å². The second-order valence-electron chi connectivity index (χ2n) is 12.1. The van der Waals surface area contributed by atoms with Crippen LogP contribution < -0.4 is 22.1 Å². The van der Waals surface area contributed by atoms with Gasteiger partial charge in [0, 0.05) is 32.5 Å². The minimum absolute atomic E-state index is 0.0259. The van der Waals surface area contributed by atoms with Gasteiger partial charge in [0.1, 0.15) is 12.2 Å². The minimum atomic E-state index is -0.161. The fourth-order valence-corrected chi connectivity index (χ4v) is 5.73. The van der Waals surface area contributed by atoms with Crippen molar-refractivity contribution in [3.8, 4) is 0 Å². The first kappa shape index (κ1) is 36.2. The molecule has 10 nitrogen and oxygen atoms in total. The number of nitrogens with two attached hydrogens (primary N) is 2. The van der Waals surface area contributed by atoms with Crippen LogP contribution in [-0.2, 0) is 22.3 Å². The van der Waals surface area contributed by atoms with Crippen molar-refractivity contribution in [2.75, 3.05) is 10.6 Å². The van der Waals surface area contributed by atoms with Crippen molar-refractivity contribution in [2.24, 2.45) is 21.5 Å². The number of benzene rings is 4. The monoisotopic (exact) mass is 714 g/mol. The number of rotatable bonds is 10. The molecule has 2 aliphatic rings. The molecule has 0 aliphatic carbocycles. The molecule has 6 rings (SSSR count). The molecule has 260 valence electrons. The van der Waals surface area contributed by atoms with Crippen molar-refractivity contribution in [1.82, 2.24) is 0 Å². The van der Waals surface area contributed by atoms with E-state index in [-0.39, 0.29) is 48.1 Å². The van der Waals surface area contributed by atoms with Gasteiger partial charge in [0.2, 0.25) is 0 Å². The SMILES string of the molecule is C[C@@H]1OC(N)=N[C@H]1CCc1ccc(NC(=O)c2ccc(Cl)cc2)cc1.C[C@H]1OC(N)=N[C@H]1CCc1ccc(NC(=O)c2ccc(Cl)cc2)cc1. The van der Waals surface area contributed by atoms with Gasteiger partial charge < -0.3 is 31.6 Å². The Labute approximate surface area is 301 Å². The third-order valence-corrected chi connectivity index (χ3v) is 8.88. The number of hydrogen-bond donors (Lipinski definition) is 4. The Balaban J connectivity index is 0.000000194. The van der Waals surface area contributed by atoms with E-state index in [0.29, 0.717) is 21.2 Å². The summed E-state index contributed by atoms with van der Waals surface area (Å²) in [5, 5.41) is 6.96. The molecule has 0 saturated heterocycles. The molecule has 6 N–H and O–H groups in total. The smallest absolute Gasteiger partial charge is 0.282 e. The highest BCUT2D eigenvalue weighted by atomic mass is 35.5. The van der Waals surface area contributed by atoms with Crippen LogP contribution in [0.15, 0.2) is 107 Å². The standard InChI is InChI=1S/2C19H20ClN3O2/c2*1-12-17(23-19(21)25-12)11-4-13-2-9-16(10-3-13)22-18(24)14-5-7-15(20)8-6-14/h2*2-3,5-10,12,17H,4,11H2,1H3,(H2,21,23)(H,22,24)/t12-,17+;12-,17-/m10/s1. The van der Waals surface area contributed by atoms with Crippen molar-refractivity contribution in [3.63, 3.8) is 0 Å². The molecule has 4 aromatic carbocycles. The lowest BCUT2D eigenvalue weighted by Crippen LogP contribution is -2.20. The van der Waals surface area contributed by atoms with Gasteiger partial charge in [0.05, 0.1) is 12.1 Å². The minimum Gasteiger partial charge on any atom is -0.460 e. The first-order valence-electron chi connectivity index (χ1n) is 16.3. The largest absolute Gasteiger partial charge is 0.460 e. The van der Waals surface area contributed by atoms with Crippen LogP contribution in [0.3, 0.4) is 0 Å². The molecule has 4 aromatic rings. The first-order valence-corrected chi connectivity index (χ1v) is 17.1. The van der Waals surface area contributed by atoms with Crippen LogP contribution in [0.4, 0.5) is 11.4 Å². The molecule has 0 unspecified atom stereocenters. The molecule has 0 bridgehead atoms. The maximum atomic E-state index is 12.2. The number of amides is 2. The third-order valence-electron chi connectivity index (χ3n) is 8.38. The second-order valence-corrected chi connectivity index (χ2v) is 13.0. The van der Waals surface area contributed by atoms with E-state index in [1.807, 2.05) is 62.4 Å².